The van der Waals surface area contributed by atoms with Gasteiger partial charge in [-0.3, -0.25) is 0 Å². The van der Waals surface area contributed by atoms with E-state index in [1.807, 2.05) is 13.1 Å². The van der Waals surface area contributed by atoms with Gasteiger partial charge in [0.05, 0.1) is 25.1 Å². The van der Waals surface area contributed by atoms with E-state index in [1.54, 1.807) is 6.33 Å². The SMILES string of the molecule is CCOC1(CO)CN(c2ncnc3[nH]cc(CC)c23)C1. The van der Waals surface area contributed by atoms with Crippen molar-refractivity contribution in [2.45, 2.75) is 25.9 Å². The fraction of sp³-hybridized carbons (Fsp3) is 0.571. The summed E-state index contributed by atoms with van der Waals surface area (Å²) in [5, 5.41) is 10.6. The van der Waals surface area contributed by atoms with Crippen LogP contribution in [0.15, 0.2) is 12.5 Å². The fourth-order valence-electron chi connectivity index (χ4n) is 2.87. The zero-order valence-electron chi connectivity index (χ0n) is 11.9. The molecule has 0 atom stereocenters. The largest absolute Gasteiger partial charge is 0.393 e. The van der Waals surface area contributed by atoms with Crippen LogP contribution in [0.2, 0.25) is 0 Å². The zero-order valence-corrected chi connectivity index (χ0v) is 11.9. The number of ether oxygens (including phenoxy) is 1. The minimum atomic E-state index is -0.436. The molecule has 0 aliphatic carbocycles. The first-order chi connectivity index (χ1) is 9.73. The van der Waals surface area contributed by atoms with Gasteiger partial charge in [0.25, 0.3) is 0 Å². The van der Waals surface area contributed by atoms with E-state index in [0.29, 0.717) is 19.7 Å². The lowest BCUT2D eigenvalue weighted by Crippen LogP contribution is -2.65. The molecule has 0 aromatic carbocycles. The van der Waals surface area contributed by atoms with Crippen molar-refractivity contribution in [3.63, 3.8) is 0 Å². The number of anilines is 1. The van der Waals surface area contributed by atoms with Crippen LogP contribution in [-0.2, 0) is 11.2 Å². The van der Waals surface area contributed by atoms with Gasteiger partial charge in [0.15, 0.2) is 0 Å². The maximum Gasteiger partial charge on any atom is 0.143 e. The van der Waals surface area contributed by atoms with Crippen molar-refractivity contribution in [2.24, 2.45) is 0 Å². The van der Waals surface area contributed by atoms with Crippen LogP contribution in [0.3, 0.4) is 0 Å². The summed E-state index contributed by atoms with van der Waals surface area (Å²) in [5.74, 6) is 0.928. The van der Waals surface area contributed by atoms with Crippen LogP contribution in [0, 0.1) is 0 Å². The lowest BCUT2D eigenvalue weighted by molar-refractivity contribution is -0.0918. The average Bonchev–Trinajstić information content (AvgIpc) is 2.85. The quantitative estimate of drug-likeness (QED) is 0.855. The Hall–Kier alpha value is -1.66. The zero-order chi connectivity index (χ0) is 14.2. The van der Waals surface area contributed by atoms with E-state index in [1.165, 1.54) is 5.56 Å². The number of aryl methyl sites for hydroxylation is 1. The number of fused-ring (bicyclic) bond motifs is 1. The predicted molar refractivity (Wildman–Crippen MR) is 76.9 cm³/mol. The summed E-state index contributed by atoms with van der Waals surface area (Å²) in [6, 6.07) is 0. The van der Waals surface area contributed by atoms with Crippen molar-refractivity contribution >= 4 is 16.9 Å². The Morgan fingerprint density at radius 3 is 2.85 bits per heavy atom. The molecule has 1 aliphatic rings. The molecular formula is C14H20N4O2. The van der Waals surface area contributed by atoms with Crippen LogP contribution < -0.4 is 4.90 Å². The van der Waals surface area contributed by atoms with E-state index in [-0.39, 0.29) is 6.61 Å². The molecule has 1 aliphatic heterocycles. The van der Waals surface area contributed by atoms with Gasteiger partial charge in [-0.1, -0.05) is 6.92 Å². The number of aromatic nitrogens is 3. The Balaban J connectivity index is 1.91. The Morgan fingerprint density at radius 2 is 2.20 bits per heavy atom. The first kappa shape index (κ1) is 13.3. The summed E-state index contributed by atoms with van der Waals surface area (Å²) in [4.78, 5) is 14.0. The summed E-state index contributed by atoms with van der Waals surface area (Å²) in [6.45, 7) is 6.05. The Kier molecular flexibility index (Phi) is 3.35. The minimum Gasteiger partial charge on any atom is -0.393 e. The minimum absolute atomic E-state index is 0.0410. The summed E-state index contributed by atoms with van der Waals surface area (Å²) >= 11 is 0. The van der Waals surface area contributed by atoms with Gasteiger partial charge >= 0.3 is 0 Å². The molecular weight excluding hydrogens is 256 g/mol. The Bertz CT molecular complexity index is 604. The van der Waals surface area contributed by atoms with Crippen molar-refractivity contribution in [3.05, 3.63) is 18.1 Å². The van der Waals surface area contributed by atoms with Crippen LogP contribution in [-0.4, -0.2) is 52.0 Å². The number of nitrogens with one attached hydrogen (secondary N) is 1. The van der Waals surface area contributed by atoms with Crippen molar-refractivity contribution in [3.8, 4) is 0 Å². The Morgan fingerprint density at radius 1 is 1.40 bits per heavy atom. The second-order valence-electron chi connectivity index (χ2n) is 5.22. The highest BCUT2D eigenvalue weighted by Gasteiger charge is 2.44. The van der Waals surface area contributed by atoms with E-state index in [0.717, 1.165) is 23.3 Å². The summed E-state index contributed by atoms with van der Waals surface area (Å²) in [6.07, 6.45) is 4.50. The van der Waals surface area contributed by atoms with E-state index in [9.17, 15) is 5.11 Å². The molecule has 0 bridgehead atoms. The first-order valence-electron chi connectivity index (χ1n) is 7.03. The van der Waals surface area contributed by atoms with Crippen LogP contribution in [0.25, 0.3) is 11.0 Å². The number of nitrogens with zero attached hydrogens (tertiary/aromatic N) is 3. The summed E-state index contributed by atoms with van der Waals surface area (Å²) in [7, 11) is 0. The molecule has 3 rings (SSSR count). The van der Waals surface area contributed by atoms with E-state index >= 15 is 0 Å². The number of hydrogen-bond acceptors (Lipinski definition) is 5. The number of rotatable bonds is 5. The Labute approximate surface area is 117 Å². The number of aromatic amines is 1. The lowest BCUT2D eigenvalue weighted by atomic mass is 9.94. The summed E-state index contributed by atoms with van der Waals surface area (Å²) < 4.78 is 5.67. The molecule has 3 heterocycles. The maximum absolute atomic E-state index is 9.52. The molecule has 6 nitrogen and oxygen atoms in total. The first-order valence-corrected chi connectivity index (χ1v) is 7.03. The van der Waals surface area contributed by atoms with Gasteiger partial charge in [0, 0.05) is 12.8 Å². The van der Waals surface area contributed by atoms with Gasteiger partial charge in [0.1, 0.15) is 23.4 Å². The monoisotopic (exact) mass is 276 g/mol. The van der Waals surface area contributed by atoms with E-state index < -0.39 is 5.60 Å². The molecule has 0 amide bonds. The van der Waals surface area contributed by atoms with Gasteiger partial charge in [0.2, 0.25) is 0 Å². The third kappa shape index (κ3) is 1.96. The van der Waals surface area contributed by atoms with Gasteiger partial charge in [-0.05, 0) is 18.9 Å². The second kappa shape index (κ2) is 5.03. The van der Waals surface area contributed by atoms with Crippen LogP contribution >= 0.6 is 0 Å². The van der Waals surface area contributed by atoms with E-state index in [4.69, 9.17) is 4.74 Å². The molecule has 20 heavy (non-hydrogen) atoms. The topological polar surface area (TPSA) is 74.3 Å². The van der Waals surface area contributed by atoms with Crippen molar-refractivity contribution in [2.75, 3.05) is 31.2 Å². The number of H-pyrrole nitrogens is 1. The molecule has 2 aromatic heterocycles. The average molecular weight is 276 g/mol. The molecule has 1 fully saturated rings. The van der Waals surface area contributed by atoms with Gasteiger partial charge in [-0.15, -0.1) is 0 Å². The molecule has 6 heteroatoms. The third-order valence-electron chi connectivity index (χ3n) is 3.91. The standard InChI is InChI=1S/C14H20N4O2/c1-3-10-5-15-12-11(10)13(17-9-16-12)18-6-14(7-18,8-19)20-4-2/h5,9,19H,3-4,6-8H2,1-2H3,(H,15,16,17). The maximum atomic E-state index is 9.52. The highest BCUT2D eigenvalue weighted by molar-refractivity contribution is 5.91. The highest BCUT2D eigenvalue weighted by Crippen LogP contribution is 2.34. The second-order valence-corrected chi connectivity index (χ2v) is 5.22. The van der Waals surface area contributed by atoms with Crippen molar-refractivity contribution < 1.29 is 9.84 Å². The van der Waals surface area contributed by atoms with Crippen molar-refractivity contribution in [1.82, 2.24) is 15.0 Å². The number of aliphatic hydroxyl groups is 1. The summed E-state index contributed by atoms with van der Waals surface area (Å²) in [5.41, 5.74) is 1.65. The number of aliphatic hydroxyl groups excluding tert-OH is 1. The van der Waals surface area contributed by atoms with Crippen molar-refractivity contribution in [1.29, 1.82) is 0 Å². The van der Waals surface area contributed by atoms with E-state index in [2.05, 4.69) is 26.8 Å². The lowest BCUT2D eigenvalue weighted by Gasteiger charge is -2.49. The van der Waals surface area contributed by atoms with Gasteiger partial charge < -0.3 is 19.7 Å². The molecule has 2 aromatic rings. The molecule has 0 unspecified atom stereocenters. The molecule has 1 saturated heterocycles. The molecule has 0 saturated carbocycles. The predicted octanol–water partition coefficient (Wildman–Crippen LogP) is 1.11. The van der Waals surface area contributed by atoms with Crippen LogP contribution in [0.1, 0.15) is 19.4 Å². The van der Waals surface area contributed by atoms with Gasteiger partial charge in [-0.25, -0.2) is 9.97 Å². The van der Waals surface area contributed by atoms with Crippen LogP contribution in [0.5, 0.6) is 0 Å². The smallest absolute Gasteiger partial charge is 0.143 e. The third-order valence-corrected chi connectivity index (χ3v) is 3.91. The molecule has 0 spiro atoms. The molecule has 2 N–H and O–H groups in total. The number of hydrogen-bond donors (Lipinski definition) is 2. The van der Waals surface area contributed by atoms with Gasteiger partial charge in [-0.2, -0.15) is 0 Å². The fourth-order valence-corrected chi connectivity index (χ4v) is 2.87. The normalized spacial score (nSPS) is 17.4. The van der Waals surface area contributed by atoms with Crippen LogP contribution in [0.4, 0.5) is 5.82 Å². The molecule has 0 radical (unpaired) electrons. The molecule has 108 valence electrons. The highest BCUT2D eigenvalue weighted by atomic mass is 16.5.